The van der Waals surface area contributed by atoms with E-state index in [1.165, 1.54) is 29.5 Å². The molecule has 0 fully saturated rings. The molecule has 2 rings (SSSR count). The molecule has 16 heavy (non-hydrogen) atoms. The Morgan fingerprint density at radius 1 is 1.19 bits per heavy atom. The van der Waals surface area contributed by atoms with Gasteiger partial charge in [-0.25, -0.2) is 0 Å². The number of hydrogen-bond acceptors (Lipinski definition) is 1. The Balaban J connectivity index is 2.06. The number of likely N-dealkylation sites (N-methyl/N-ethyl adjacent to an activating group) is 1. The molecule has 0 saturated carbocycles. The average Bonchev–Trinajstić information content (AvgIpc) is 2.38. The Kier molecular flexibility index (Phi) is 3.95. The fourth-order valence-electron chi connectivity index (χ4n) is 2.00. The number of allylic oxidation sites excluding steroid dienone is 4. The molecule has 1 aliphatic carbocycles. The molecule has 0 heterocycles. The molecule has 1 aromatic rings. The Hall–Kier alpha value is -1.34. The van der Waals surface area contributed by atoms with Crippen molar-refractivity contribution in [2.75, 3.05) is 13.6 Å². The molecule has 0 unspecified atom stereocenters. The minimum absolute atomic E-state index is 1.05. The molecular weight excluding hydrogens is 194 g/mol. The third-order valence-corrected chi connectivity index (χ3v) is 3.00. The van der Waals surface area contributed by atoms with Crippen LogP contribution in [-0.2, 0) is 6.42 Å². The van der Waals surface area contributed by atoms with Crippen molar-refractivity contribution in [3.63, 3.8) is 0 Å². The topological polar surface area (TPSA) is 12.0 Å². The van der Waals surface area contributed by atoms with E-state index in [1.54, 1.807) is 0 Å². The number of hydrogen-bond donors (Lipinski definition) is 1. The van der Waals surface area contributed by atoms with E-state index in [9.17, 15) is 0 Å². The summed E-state index contributed by atoms with van der Waals surface area (Å²) in [6.45, 7) is 1.05. The highest BCUT2D eigenvalue weighted by Crippen LogP contribution is 2.23. The molecule has 1 N–H and O–H groups in total. The molecule has 0 saturated heterocycles. The first-order chi connectivity index (χ1) is 7.90. The molecule has 1 aliphatic rings. The molecular formula is C15H19N. The van der Waals surface area contributed by atoms with Crippen molar-refractivity contribution < 1.29 is 0 Å². The second kappa shape index (κ2) is 5.66. The normalized spacial score (nSPS) is 14.9. The predicted molar refractivity (Wildman–Crippen MR) is 70.4 cm³/mol. The minimum atomic E-state index is 1.05. The van der Waals surface area contributed by atoms with E-state index in [1.807, 2.05) is 7.05 Å². The van der Waals surface area contributed by atoms with Gasteiger partial charge in [-0.1, -0.05) is 42.5 Å². The molecule has 0 spiro atoms. The fraction of sp³-hybridized carbons (Fsp3) is 0.333. The summed E-state index contributed by atoms with van der Waals surface area (Å²) in [5.41, 5.74) is 4.24. The van der Waals surface area contributed by atoms with Gasteiger partial charge >= 0.3 is 0 Å². The SMILES string of the molecule is CNCCc1ccc(C2=CC=CCC2)cc1. The van der Waals surface area contributed by atoms with Crippen molar-refractivity contribution in [2.24, 2.45) is 0 Å². The lowest BCUT2D eigenvalue weighted by molar-refractivity contribution is 0.792. The first kappa shape index (κ1) is 11.2. The van der Waals surface area contributed by atoms with Crippen molar-refractivity contribution in [3.8, 4) is 0 Å². The zero-order valence-electron chi connectivity index (χ0n) is 9.87. The van der Waals surface area contributed by atoms with Crippen LogP contribution in [-0.4, -0.2) is 13.6 Å². The summed E-state index contributed by atoms with van der Waals surface area (Å²) < 4.78 is 0. The predicted octanol–water partition coefficient (Wildman–Crippen LogP) is 3.18. The Labute approximate surface area is 97.9 Å². The fourth-order valence-corrected chi connectivity index (χ4v) is 2.00. The summed E-state index contributed by atoms with van der Waals surface area (Å²) >= 11 is 0. The summed E-state index contributed by atoms with van der Waals surface area (Å²) in [4.78, 5) is 0. The summed E-state index contributed by atoms with van der Waals surface area (Å²) in [6, 6.07) is 8.98. The van der Waals surface area contributed by atoms with Gasteiger partial charge in [0.25, 0.3) is 0 Å². The molecule has 84 valence electrons. The van der Waals surface area contributed by atoms with Gasteiger partial charge in [-0.05, 0) is 49.6 Å². The highest BCUT2D eigenvalue weighted by Gasteiger charge is 2.02. The van der Waals surface area contributed by atoms with Crippen LogP contribution in [0.15, 0.2) is 42.5 Å². The lowest BCUT2D eigenvalue weighted by atomic mass is 9.96. The summed E-state index contributed by atoms with van der Waals surface area (Å²) in [7, 11) is 1.99. The molecule has 0 aliphatic heterocycles. The van der Waals surface area contributed by atoms with Gasteiger partial charge in [0, 0.05) is 0 Å². The first-order valence-corrected chi connectivity index (χ1v) is 6.00. The maximum atomic E-state index is 3.17. The van der Waals surface area contributed by atoms with Gasteiger partial charge in [0.15, 0.2) is 0 Å². The zero-order chi connectivity index (χ0) is 11.2. The molecule has 0 aromatic heterocycles. The monoisotopic (exact) mass is 213 g/mol. The van der Waals surface area contributed by atoms with Crippen molar-refractivity contribution in [2.45, 2.75) is 19.3 Å². The highest BCUT2D eigenvalue weighted by atomic mass is 14.8. The van der Waals surface area contributed by atoms with E-state index >= 15 is 0 Å². The molecule has 1 heteroatoms. The second-order valence-electron chi connectivity index (χ2n) is 4.21. The van der Waals surface area contributed by atoms with Gasteiger partial charge in [-0.3, -0.25) is 0 Å². The van der Waals surface area contributed by atoms with Crippen molar-refractivity contribution in [3.05, 3.63) is 53.6 Å². The highest BCUT2D eigenvalue weighted by molar-refractivity contribution is 5.68. The van der Waals surface area contributed by atoms with Crippen molar-refractivity contribution >= 4 is 5.57 Å². The van der Waals surface area contributed by atoms with Gasteiger partial charge in [0.2, 0.25) is 0 Å². The molecule has 0 atom stereocenters. The van der Waals surface area contributed by atoms with E-state index in [2.05, 4.69) is 47.8 Å². The van der Waals surface area contributed by atoms with Crippen LogP contribution < -0.4 is 5.32 Å². The van der Waals surface area contributed by atoms with Crippen LogP contribution in [0.1, 0.15) is 24.0 Å². The van der Waals surface area contributed by atoms with Crippen LogP contribution >= 0.6 is 0 Å². The summed E-state index contributed by atoms with van der Waals surface area (Å²) in [5.74, 6) is 0. The Morgan fingerprint density at radius 2 is 2.00 bits per heavy atom. The number of benzene rings is 1. The lowest BCUT2D eigenvalue weighted by Crippen LogP contribution is -2.10. The van der Waals surface area contributed by atoms with Gasteiger partial charge in [-0.15, -0.1) is 0 Å². The lowest BCUT2D eigenvalue weighted by Gasteiger charge is -2.10. The first-order valence-electron chi connectivity index (χ1n) is 6.00. The minimum Gasteiger partial charge on any atom is -0.319 e. The van der Waals surface area contributed by atoms with Crippen LogP contribution in [0.25, 0.3) is 5.57 Å². The molecule has 0 radical (unpaired) electrons. The van der Waals surface area contributed by atoms with Gasteiger partial charge in [0.1, 0.15) is 0 Å². The second-order valence-corrected chi connectivity index (χ2v) is 4.21. The van der Waals surface area contributed by atoms with Gasteiger partial charge < -0.3 is 5.32 Å². The van der Waals surface area contributed by atoms with Gasteiger partial charge in [0.05, 0.1) is 0 Å². The molecule has 1 nitrogen and oxygen atoms in total. The maximum Gasteiger partial charge on any atom is -0.00114 e. The number of nitrogens with one attached hydrogen (secondary N) is 1. The van der Waals surface area contributed by atoms with E-state index in [-0.39, 0.29) is 0 Å². The quantitative estimate of drug-likeness (QED) is 0.810. The van der Waals surface area contributed by atoms with E-state index in [4.69, 9.17) is 0 Å². The summed E-state index contributed by atoms with van der Waals surface area (Å²) in [5, 5.41) is 3.17. The average molecular weight is 213 g/mol. The third-order valence-electron chi connectivity index (χ3n) is 3.00. The Morgan fingerprint density at radius 3 is 2.62 bits per heavy atom. The van der Waals surface area contributed by atoms with Crippen LogP contribution in [0.2, 0.25) is 0 Å². The van der Waals surface area contributed by atoms with Crippen LogP contribution in [0.5, 0.6) is 0 Å². The van der Waals surface area contributed by atoms with Gasteiger partial charge in [-0.2, -0.15) is 0 Å². The zero-order valence-corrected chi connectivity index (χ0v) is 9.87. The Bertz CT molecular complexity index is 384. The van der Waals surface area contributed by atoms with E-state index in [0.29, 0.717) is 0 Å². The van der Waals surface area contributed by atoms with Crippen molar-refractivity contribution in [1.29, 1.82) is 0 Å². The van der Waals surface area contributed by atoms with E-state index in [0.717, 1.165) is 13.0 Å². The molecule has 1 aromatic carbocycles. The maximum absolute atomic E-state index is 3.17. The standard InChI is InChI=1S/C15H19N/c1-16-12-11-13-7-9-15(10-8-13)14-5-3-2-4-6-14/h2-3,5,7-10,16H,4,6,11-12H2,1H3. The third kappa shape index (κ3) is 2.83. The molecule has 0 bridgehead atoms. The largest absolute Gasteiger partial charge is 0.319 e. The van der Waals surface area contributed by atoms with E-state index < -0.39 is 0 Å². The van der Waals surface area contributed by atoms with Crippen LogP contribution in [0.3, 0.4) is 0 Å². The van der Waals surface area contributed by atoms with Crippen LogP contribution in [0, 0.1) is 0 Å². The smallest absolute Gasteiger partial charge is 0.00114 e. The van der Waals surface area contributed by atoms with Crippen molar-refractivity contribution in [1.82, 2.24) is 5.32 Å². The van der Waals surface area contributed by atoms with Crippen LogP contribution in [0.4, 0.5) is 0 Å². The summed E-state index contributed by atoms with van der Waals surface area (Å²) in [6.07, 6.45) is 10.1. The molecule has 0 amide bonds. The number of rotatable bonds is 4.